The van der Waals surface area contributed by atoms with E-state index in [2.05, 4.69) is 25.8 Å². The van der Waals surface area contributed by atoms with Gasteiger partial charge in [0.15, 0.2) is 5.65 Å². The van der Waals surface area contributed by atoms with Crippen molar-refractivity contribution < 1.29 is 44.7 Å². The van der Waals surface area contributed by atoms with Crippen LogP contribution >= 0.6 is 0 Å². The summed E-state index contributed by atoms with van der Waals surface area (Å²) in [6.07, 6.45) is -5.79. The van der Waals surface area contributed by atoms with E-state index < -0.39 is 86.7 Å². The van der Waals surface area contributed by atoms with Gasteiger partial charge in [-0.05, 0) is 49.1 Å². The zero-order chi connectivity index (χ0) is 32.6. The molecule has 0 aromatic carbocycles. The molecule has 45 heavy (non-hydrogen) atoms. The maximum absolute atomic E-state index is 14.0. The van der Waals surface area contributed by atoms with E-state index in [9.17, 15) is 44.7 Å². The number of amides is 2. The molecule has 0 aliphatic heterocycles. The lowest BCUT2D eigenvalue weighted by molar-refractivity contribution is -0.144. The molecule has 0 spiro atoms. The summed E-state index contributed by atoms with van der Waals surface area (Å²) < 4.78 is 106. The van der Waals surface area contributed by atoms with E-state index in [1.165, 1.54) is 23.1 Å². The van der Waals surface area contributed by atoms with Gasteiger partial charge in [-0.3, -0.25) is 14.3 Å². The van der Waals surface area contributed by atoms with Gasteiger partial charge >= 0.3 is 12.4 Å². The van der Waals surface area contributed by atoms with E-state index in [1.807, 2.05) is 0 Å². The molecule has 9 nitrogen and oxygen atoms in total. The number of nitrogens with one attached hydrogen (secondary N) is 2. The summed E-state index contributed by atoms with van der Waals surface area (Å²) in [6.45, 7) is -0.483. The Bertz CT molecular complexity index is 1500. The zero-order valence-electron chi connectivity index (χ0n) is 23.8. The second-order valence-electron chi connectivity index (χ2n) is 11.8. The molecule has 2 atom stereocenters. The molecular weight excluding hydrogens is 618 g/mol. The quantitative estimate of drug-likeness (QED) is 0.245. The molecule has 3 aromatic rings. The van der Waals surface area contributed by atoms with E-state index in [1.54, 1.807) is 6.07 Å². The highest BCUT2D eigenvalue weighted by atomic mass is 19.4. The highest BCUT2D eigenvalue weighted by molar-refractivity contribution is 5.94. The van der Waals surface area contributed by atoms with Crippen molar-refractivity contribution >= 4 is 17.5 Å². The largest absolute Gasteiger partial charge is 0.390 e. The molecule has 0 unspecified atom stereocenters. The Balaban J connectivity index is 1.36. The number of hydrogen-bond acceptors (Lipinski definition) is 5. The summed E-state index contributed by atoms with van der Waals surface area (Å²) in [7, 11) is 0. The van der Waals surface area contributed by atoms with Gasteiger partial charge in [-0.25, -0.2) is 18.3 Å². The smallest absolute Gasteiger partial charge is 0.349 e. The maximum atomic E-state index is 14.0. The predicted molar refractivity (Wildman–Crippen MR) is 142 cm³/mol. The number of aromatic nitrogens is 5. The molecule has 3 heterocycles. The lowest BCUT2D eigenvalue weighted by Crippen LogP contribution is -2.37. The fraction of sp³-hybridized carbons (Fsp3) is 0.607. The first-order valence-electron chi connectivity index (χ1n) is 14.5. The number of carbonyl (C=O) groups is 2. The van der Waals surface area contributed by atoms with E-state index in [-0.39, 0.29) is 24.3 Å². The highest BCUT2D eigenvalue weighted by Gasteiger charge is 2.40. The molecule has 0 saturated heterocycles. The topological polar surface area (TPSA) is 106 Å². The van der Waals surface area contributed by atoms with E-state index >= 15 is 0 Å². The van der Waals surface area contributed by atoms with Crippen LogP contribution in [-0.4, -0.2) is 54.5 Å². The summed E-state index contributed by atoms with van der Waals surface area (Å²) in [6, 6.07) is 0.203. The average molecular weight is 650 g/mol. The minimum absolute atomic E-state index is 0.0129. The molecule has 2 N–H and O–H groups in total. The SMILES string of the molecule is O=C(CCC(F)(F)F)N[C@H](c1cnn2cc([C@@H](NC(=O)c3cnn(CCC(F)(F)F)c3)C3CCC(F)(F)CC3)nc2c1)C1CC1. The molecule has 2 amide bonds. The van der Waals surface area contributed by atoms with Crippen LogP contribution in [0.15, 0.2) is 30.9 Å². The summed E-state index contributed by atoms with van der Waals surface area (Å²) in [4.78, 5) is 30.1. The molecule has 0 bridgehead atoms. The Morgan fingerprint density at radius 1 is 0.889 bits per heavy atom. The van der Waals surface area contributed by atoms with Crippen molar-refractivity contribution in [3.8, 4) is 0 Å². The van der Waals surface area contributed by atoms with Crippen molar-refractivity contribution in [1.29, 1.82) is 0 Å². The van der Waals surface area contributed by atoms with Gasteiger partial charge in [-0.1, -0.05) is 0 Å². The highest BCUT2D eigenvalue weighted by Crippen LogP contribution is 2.43. The molecule has 17 heteroatoms. The Morgan fingerprint density at radius 2 is 1.56 bits per heavy atom. The number of rotatable bonds is 11. The standard InChI is InChI=1S/C28H31F8N7O2/c29-26(30)6-3-17(4-7-26)24(41-25(45)19-13-37-42(14-19)10-9-28(34,35)36)20-15-43-21(39-20)11-18(12-38-43)23(16-1-2-16)40-22(44)5-8-27(31,32)33/h11-17,23-24H,1-10H2,(H,40,44)(H,41,45)/t23-,24-/m0/s1. The lowest BCUT2D eigenvalue weighted by atomic mass is 9.81. The van der Waals surface area contributed by atoms with Gasteiger partial charge in [0.1, 0.15) is 0 Å². The van der Waals surface area contributed by atoms with Gasteiger partial charge in [0.2, 0.25) is 11.8 Å². The first-order valence-corrected chi connectivity index (χ1v) is 14.5. The normalized spacial score (nSPS) is 18.9. The van der Waals surface area contributed by atoms with Crippen molar-refractivity contribution in [3.05, 3.63) is 47.7 Å². The zero-order valence-corrected chi connectivity index (χ0v) is 23.8. The van der Waals surface area contributed by atoms with Crippen LogP contribution in [0.4, 0.5) is 35.1 Å². The van der Waals surface area contributed by atoms with Gasteiger partial charge in [-0.2, -0.15) is 36.5 Å². The number of halogens is 8. The number of fused-ring (bicyclic) bond motifs is 1. The molecule has 2 aliphatic rings. The Kier molecular flexibility index (Phi) is 9.08. The van der Waals surface area contributed by atoms with Gasteiger partial charge in [0, 0.05) is 32.0 Å². The summed E-state index contributed by atoms with van der Waals surface area (Å²) >= 11 is 0. The summed E-state index contributed by atoms with van der Waals surface area (Å²) in [5, 5.41) is 13.6. The van der Waals surface area contributed by atoms with Crippen molar-refractivity contribution in [3.63, 3.8) is 0 Å². The first kappa shape index (κ1) is 32.6. The fourth-order valence-electron chi connectivity index (χ4n) is 5.53. The van der Waals surface area contributed by atoms with Crippen molar-refractivity contribution in [2.75, 3.05) is 0 Å². The van der Waals surface area contributed by atoms with Crippen LogP contribution in [-0.2, 0) is 11.3 Å². The molecule has 2 aliphatic carbocycles. The first-order chi connectivity index (χ1) is 21.1. The van der Waals surface area contributed by atoms with Gasteiger partial charge in [0.05, 0.1) is 54.8 Å². The molecule has 3 aromatic heterocycles. The van der Waals surface area contributed by atoms with Crippen LogP contribution in [0.25, 0.3) is 5.65 Å². The second kappa shape index (κ2) is 12.5. The van der Waals surface area contributed by atoms with Crippen LogP contribution in [0.3, 0.4) is 0 Å². The number of hydrogen-bond donors (Lipinski definition) is 2. The average Bonchev–Trinajstić information content (AvgIpc) is 3.52. The molecule has 246 valence electrons. The van der Waals surface area contributed by atoms with Crippen LogP contribution in [0.1, 0.15) is 91.5 Å². The van der Waals surface area contributed by atoms with Crippen LogP contribution in [0.2, 0.25) is 0 Å². The Morgan fingerprint density at radius 3 is 2.20 bits per heavy atom. The molecular formula is C28H31F8N7O2. The fourth-order valence-corrected chi connectivity index (χ4v) is 5.53. The van der Waals surface area contributed by atoms with Crippen molar-refractivity contribution in [1.82, 2.24) is 35.0 Å². The Hall–Kier alpha value is -3.79. The summed E-state index contributed by atoms with van der Waals surface area (Å²) in [5.41, 5.74) is 1.13. The minimum atomic E-state index is -4.47. The number of imidazole rings is 1. The Labute approximate surface area is 251 Å². The third-order valence-electron chi connectivity index (χ3n) is 8.12. The molecule has 0 radical (unpaired) electrons. The molecule has 2 fully saturated rings. The third kappa shape index (κ3) is 8.90. The van der Waals surface area contributed by atoms with E-state index in [0.29, 0.717) is 16.9 Å². The van der Waals surface area contributed by atoms with Gasteiger partial charge in [-0.15, -0.1) is 0 Å². The van der Waals surface area contributed by atoms with Crippen molar-refractivity contribution in [2.24, 2.45) is 11.8 Å². The van der Waals surface area contributed by atoms with Crippen LogP contribution in [0.5, 0.6) is 0 Å². The predicted octanol–water partition coefficient (Wildman–Crippen LogP) is 6.08. The van der Waals surface area contributed by atoms with Gasteiger partial charge in [0.25, 0.3) is 5.91 Å². The number of nitrogens with zero attached hydrogens (tertiary/aromatic N) is 5. The number of alkyl halides is 8. The van der Waals surface area contributed by atoms with Gasteiger partial charge < -0.3 is 10.6 Å². The van der Waals surface area contributed by atoms with E-state index in [4.69, 9.17) is 0 Å². The maximum Gasteiger partial charge on any atom is 0.390 e. The van der Waals surface area contributed by atoms with Crippen LogP contribution < -0.4 is 10.6 Å². The molecule has 5 rings (SSSR count). The summed E-state index contributed by atoms with van der Waals surface area (Å²) in [5.74, 6) is -4.68. The third-order valence-corrected chi connectivity index (χ3v) is 8.12. The monoisotopic (exact) mass is 649 g/mol. The number of aryl methyl sites for hydroxylation is 1. The second-order valence-corrected chi connectivity index (χ2v) is 11.8. The molecule has 2 saturated carbocycles. The number of carbonyl (C=O) groups excluding carboxylic acids is 2. The van der Waals surface area contributed by atoms with Crippen LogP contribution in [0, 0.1) is 11.8 Å². The minimum Gasteiger partial charge on any atom is -0.349 e. The lowest BCUT2D eigenvalue weighted by Gasteiger charge is -2.33. The van der Waals surface area contributed by atoms with E-state index in [0.717, 1.165) is 23.7 Å². The van der Waals surface area contributed by atoms with Crippen molar-refractivity contribution in [2.45, 2.75) is 94.7 Å².